The predicted molar refractivity (Wildman–Crippen MR) is 86.7 cm³/mol. The summed E-state index contributed by atoms with van der Waals surface area (Å²) in [6.07, 6.45) is 6.46. The highest BCUT2D eigenvalue weighted by molar-refractivity contribution is 5.27. The van der Waals surface area contributed by atoms with E-state index in [9.17, 15) is 0 Å². The fourth-order valence-corrected chi connectivity index (χ4v) is 3.03. The van der Waals surface area contributed by atoms with Crippen molar-refractivity contribution in [1.82, 2.24) is 10.2 Å². The summed E-state index contributed by atoms with van der Waals surface area (Å²) < 4.78 is 5.70. The van der Waals surface area contributed by atoms with Crippen molar-refractivity contribution in [3.63, 3.8) is 0 Å². The third kappa shape index (κ3) is 4.45. The van der Waals surface area contributed by atoms with Gasteiger partial charge >= 0.3 is 0 Å². The molecule has 1 aliphatic carbocycles. The van der Waals surface area contributed by atoms with Crippen molar-refractivity contribution in [3.05, 3.63) is 29.8 Å². The molecule has 3 rings (SSSR count). The van der Waals surface area contributed by atoms with Crippen LogP contribution in [0.15, 0.2) is 24.3 Å². The average molecular weight is 288 g/mol. The molecule has 1 aromatic carbocycles. The van der Waals surface area contributed by atoms with Crippen molar-refractivity contribution in [1.29, 1.82) is 0 Å². The Morgan fingerprint density at radius 1 is 1.19 bits per heavy atom. The van der Waals surface area contributed by atoms with Crippen molar-refractivity contribution in [3.8, 4) is 5.75 Å². The summed E-state index contributed by atoms with van der Waals surface area (Å²) in [5.41, 5.74) is 1.35. The molecule has 1 heterocycles. The van der Waals surface area contributed by atoms with Gasteiger partial charge in [-0.2, -0.15) is 0 Å². The number of nitrogens with one attached hydrogen (secondary N) is 1. The summed E-state index contributed by atoms with van der Waals surface area (Å²) in [6, 6.07) is 10.1. The van der Waals surface area contributed by atoms with Gasteiger partial charge in [0.25, 0.3) is 0 Å². The topological polar surface area (TPSA) is 24.5 Å². The van der Waals surface area contributed by atoms with Crippen LogP contribution in [0, 0.1) is 0 Å². The Morgan fingerprint density at radius 2 is 2.00 bits per heavy atom. The molecular weight excluding hydrogens is 260 g/mol. The van der Waals surface area contributed by atoms with E-state index in [1.54, 1.807) is 0 Å². The first-order valence-electron chi connectivity index (χ1n) is 8.54. The molecule has 1 aromatic rings. The molecule has 1 atom stereocenters. The minimum Gasteiger partial charge on any atom is -0.494 e. The minimum absolute atomic E-state index is 0.672. The molecule has 0 bridgehead atoms. The van der Waals surface area contributed by atoms with Crippen LogP contribution in [0.1, 0.15) is 44.6 Å². The van der Waals surface area contributed by atoms with Crippen molar-refractivity contribution < 1.29 is 4.74 Å². The van der Waals surface area contributed by atoms with Crippen LogP contribution >= 0.6 is 0 Å². The lowest BCUT2D eigenvalue weighted by molar-refractivity contribution is 0.309. The van der Waals surface area contributed by atoms with E-state index in [0.29, 0.717) is 6.04 Å². The number of benzene rings is 1. The highest BCUT2D eigenvalue weighted by Crippen LogP contribution is 2.29. The van der Waals surface area contributed by atoms with Gasteiger partial charge in [-0.1, -0.05) is 25.5 Å². The molecule has 0 radical (unpaired) electrons. The van der Waals surface area contributed by atoms with Crippen LogP contribution in [0.5, 0.6) is 5.75 Å². The highest BCUT2D eigenvalue weighted by Gasteiger charge is 2.33. The molecule has 2 aliphatic rings. The normalized spacial score (nSPS) is 22.6. The molecule has 0 spiro atoms. The zero-order chi connectivity index (χ0) is 14.5. The smallest absolute Gasteiger partial charge is 0.119 e. The Balaban J connectivity index is 1.39. The maximum atomic E-state index is 5.70. The van der Waals surface area contributed by atoms with Gasteiger partial charge in [0.1, 0.15) is 5.75 Å². The van der Waals surface area contributed by atoms with Crippen LogP contribution in [0.3, 0.4) is 0 Å². The highest BCUT2D eigenvalue weighted by atomic mass is 16.5. The molecule has 1 N–H and O–H groups in total. The van der Waals surface area contributed by atoms with Crippen LogP contribution in [-0.2, 0) is 6.54 Å². The molecule has 1 aliphatic heterocycles. The fourth-order valence-electron chi connectivity index (χ4n) is 3.03. The van der Waals surface area contributed by atoms with Gasteiger partial charge in [0.05, 0.1) is 6.61 Å². The first-order chi connectivity index (χ1) is 10.3. The van der Waals surface area contributed by atoms with Gasteiger partial charge in [0, 0.05) is 31.7 Å². The Hall–Kier alpha value is -1.06. The van der Waals surface area contributed by atoms with Gasteiger partial charge in [-0.15, -0.1) is 0 Å². The van der Waals surface area contributed by atoms with E-state index in [4.69, 9.17) is 4.74 Å². The maximum absolute atomic E-state index is 5.70. The second-order valence-corrected chi connectivity index (χ2v) is 6.44. The maximum Gasteiger partial charge on any atom is 0.119 e. The lowest BCUT2D eigenvalue weighted by atomic mass is 10.2. The summed E-state index contributed by atoms with van der Waals surface area (Å²) in [6.45, 7) is 6.51. The van der Waals surface area contributed by atoms with Crippen LogP contribution in [0.25, 0.3) is 0 Å². The van der Waals surface area contributed by atoms with E-state index < -0.39 is 0 Å². The van der Waals surface area contributed by atoms with Gasteiger partial charge in [-0.3, -0.25) is 4.90 Å². The third-order valence-electron chi connectivity index (χ3n) is 4.57. The molecule has 21 heavy (non-hydrogen) atoms. The van der Waals surface area contributed by atoms with Gasteiger partial charge in [0.15, 0.2) is 0 Å². The van der Waals surface area contributed by atoms with E-state index in [1.807, 2.05) is 0 Å². The first kappa shape index (κ1) is 14.9. The summed E-state index contributed by atoms with van der Waals surface area (Å²) in [5, 5.41) is 3.70. The Kier molecular flexibility index (Phi) is 5.15. The molecule has 1 saturated carbocycles. The summed E-state index contributed by atoms with van der Waals surface area (Å²) in [7, 11) is 0. The van der Waals surface area contributed by atoms with E-state index in [-0.39, 0.29) is 0 Å². The number of nitrogens with zero attached hydrogens (tertiary/aromatic N) is 1. The Morgan fingerprint density at radius 3 is 2.71 bits per heavy atom. The lowest BCUT2D eigenvalue weighted by Crippen LogP contribution is -2.32. The second-order valence-electron chi connectivity index (χ2n) is 6.44. The Bertz CT molecular complexity index is 427. The minimum atomic E-state index is 0.672. The molecule has 1 saturated heterocycles. The molecular formula is C18H28N2O. The Labute approximate surface area is 128 Å². The zero-order valence-corrected chi connectivity index (χ0v) is 13.2. The lowest BCUT2D eigenvalue weighted by Gasteiger charge is -2.16. The predicted octanol–water partition coefficient (Wildman–Crippen LogP) is 3.19. The van der Waals surface area contributed by atoms with Gasteiger partial charge in [-0.25, -0.2) is 0 Å². The molecule has 3 nitrogen and oxygen atoms in total. The van der Waals surface area contributed by atoms with Gasteiger partial charge in [0.2, 0.25) is 0 Å². The monoisotopic (exact) mass is 288 g/mol. The molecule has 0 amide bonds. The van der Waals surface area contributed by atoms with Gasteiger partial charge < -0.3 is 10.1 Å². The van der Waals surface area contributed by atoms with Crippen molar-refractivity contribution in [2.45, 2.75) is 57.7 Å². The third-order valence-corrected chi connectivity index (χ3v) is 4.57. The van der Waals surface area contributed by atoms with Gasteiger partial charge in [-0.05, 0) is 43.4 Å². The number of unbranched alkanes of at least 4 members (excludes halogenated alkanes) is 1. The number of rotatable bonds is 8. The zero-order valence-electron chi connectivity index (χ0n) is 13.2. The van der Waals surface area contributed by atoms with Crippen LogP contribution in [0.2, 0.25) is 0 Å². The quantitative estimate of drug-likeness (QED) is 0.744. The largest absolute Gasteiger partial charge is 0.494 e. The average Bonchev–Trinajstić information content (AvgIpc) is 3.26. The fraction of sp³-hybridized carbons (Fsp3) is 0.667. The van der Waals surface area contributed by atoms with Crippen molar-refractivity contribution in [2.24, 2.45) is 0 Å². The molecule has 2 fully saturated rings. The molecule has 116 valence electrons. The van der Waals surface area contributed by atoms with E-state index >= 15 is 0 Å². The molecule has 3 heteroatoms. The van der Waals surface area contributed by atoms with E-state index in [1.165, 1.54) is 44.3 Å². The van der Waals surface area contributed by atoms with Crippen LogP contribution in [0.4, 0.5) is 0 Å². The van der Waals surface area contributed by atoms with E-state index in [2.05, 4.69) is 41.4 Å². The SMILES string of the molecule is CCCCOc1ccc(CNC2CCN(C3CC3)C2)cc1. The number of hydrogen-bond donors (Lipinski definition) is 1. The summed E-state index contributed by atoms with van der Waals surface area (Å²) in [4.78, 5) is 2.66. The van der Waals surface area contributed by atoms with Crippen LogP contribution < -0.4 is 10.1 Å². The standard InChI is InChI=1S/C18H28N2O/c1-2-3-12-21-18-8-4-15(5-9-18)13-19-16-10-11-20(14-16)17-6-7-17/h4-5,8-9,16-17,19H,2-3,6-7,10-14H2,1H3. The van der Waals surface area contributed by atoms with Crippen LogP contribution in [-0.4, -0.2) is 36.7 Å². The van der Waals surface area contributed by atoms with E-state index in [0.717, 1.165) is 31.4 Å². The number of hydrogen-bond acceptors (Lipinski definition) is 3. The summed E-state index contributed by atoms with van der Waals surface area (Å²) in [5.74, 6) is 0.993. The molecule has 0 aromatic heterocycles. The number of likely N-dealkylation sites (tertiary alicyclic amines) is 1. The molecule has 1 unspecified atom stereocenters. The summed E-state index contributed by atoms with van der Waals surface area (Å²) >= 11 is 0. The first-order valence-corrected chi connectivity index (χ1v) is 8.54. The van der Waals surface area contributed by atoms with Crippen molar-refractivity contribution >= 4 is 0 Å². The van der Waals surface area contributed by atoms with Crippen molar-refractivity contribution in [2.75, 3.05) is 19.7 Å². The second kappa shape index (κ2) is 7.28. The number of ether oxygens (including phenoxy) is 1.